The number of benzene rings is 21. The molecule has 14 nitrogen and oxygen atoms in total. The van der Waals surface area contributed by atoms with Crippen LogP contribution in [0.5, 0.6) is 0 Å². The maximum absolute atomic E-state index is 6.23. The van der Waals surface area contributed by atoms with Gasteiger partial charge in [-0.05, 0) is 167 Å². The Labute approximate surface area is 864 Å². The number of furan rings is 2. The lowest BCUT2D eigenvalue weighted by atomic mass is 9.97. The van der Waals surface area contributed by atoms with Crippen molar-refractivity contribution in [1.29, 1.82) is 0 Å². The Morgan fingerprint density at radius 3 is 0.853 bits per heavy atom. The number of para-hydroxylation sites is 8. The van der Waals surface area contributed by atoms with E-state index >= 15 is 0 Å². The molecule has 15 heteroatoms. The van der Waals surface area contributed by atoms with Gasteiger partial charge in [-0.2, -0.15) is 0 Å². The predicted molar refractivity (Wildman–Crippen MR) is 615 cm³/mol. The van der Waals surface area contributed by atoms with E-state index in [0.717, 1.165) is 144 Å². The molecule has 0 bridgehead atoms. The number of hydrogen-bond acceptors (Lipinski definition) is 12. The van der Waals surface area contributed by atoms with Gasteiger partial charge in [0.15, 0.2) is 52.4 Å². The first-order valence-corrected chi connectivity index (χ1v) is 50.9. The summed E-state index contributed by atoms with van der Waals surface area (Å²) >= 11 is 1.80. The van der Waals surface area contributed by atoms with Crippen molar-refractivity contribution in [3.05, 3.63) is 510 Å². The van der Waals surface area contributed by atoms with Gasteiger partial charge < -0.3 is 22.5 Å². The largest absolute Gasteiger partial charge is 0.456 e. The second-order valence-corrected chi connectivity index (χ2v) is 38.5. The van der Waals surface area contributed by atoms with Crippen molar-refractivity contribution in [3.8, 4) is 153 Å². The summed E-state index contributed by atoms with van der Waals surface area (Å²) in [5, 5.41) is 14.2. The Morgan fingerprint density at radius 1 is 0.147 bits per heavy atom. The number of hydrogen-bond donors (Lipinski definition) is 0. The lowest BCUT2D eigenvalue weighted by molar-refractivity contribution is 0.668. The van der Waals surface area contributed by atoms with Crippen molar-refractivity contribution in [3.63, 3.8) is 0 Å². The first kappa shape index (κ1) is 87.6. The molecule has 0 saturated carbocycles. The lowest BCUT2D eigenvalue weighted by Crippen LogP contribution is -2.00. The summed E-state index contributed by atoms with van der Waals surface area (Å²) in [7, 11) is 0. The van der Waals surface area contributed by atoms with Crippen molar-refractivity contribution in [1.82, 2.24) is 58.6 Å². The second kappa shape index (κ2) is 37.2. The molecule has 0 atom stereocenters. The van der Waals surface area contributed by atoms with E-state index in [9.17, 15) is 0 Å². The lowest BCUT2D eigenvalue weighted by Gasteiger charge is -2.11. The first-order chi connectivity index (χ1) is 74.3. The quantitative estimate of drug-likeness (QED) is 0.0962. The fourth-order valence-electron chi connectivity index (χ4n) is 21.4. The molecule has 0 aliphatic carbocycles. The maximum atomic E-state index is 6.23. The molecule has 9 aromatic heterocycles. The Kier molecular flexibility index (Phi) is 21.8. The van der Waals surface area contributed by atoms with Gasteiger partial charge in [0.25, 0.3) is 0 Å². The molecule has 30 aromatic rings. The predicted octanol–water partition coefficient (Wildman–Crippen LogP) is 35.1. The van der Waals surface area contributed by atoms with Crippen molar-refractivity contribution < 1.29 is 8.83 Å². The van der Waals surface area contributed by atoms with Crippen molar-refractivity contribution in [2.75, 3.05) is 0 Å². The van der Waals surface area contributed by atoms with Gasteiger partial charge in [-0.1, -0.05) is 376 Å². The van der Waals surface area contributed by atoms with Gasteiger partial charge in [-0.15, -0.1) is 11.3 Å². The average Bonchev–Trinajstić information content (AvgIpc) is 1.56. The van der Waals surface area contributed by atoms with Crippen molar-refractivity contribution in [2.45, 2.75) is 0 Å². The molecule has 0 fully saturated rings. The highest BCUT2D eigenvalue weighted by molar-refractivity contribution is 7.25. The number of fused-ring (bicyclic) bond motifs is 18. The Bertz CT molecular complexity index is 10100. The maximum Gasteiger partial charge on any atom is 0.164 e. The third-order valence-corrected chi connectivity index (χ3v) is 29.5. The van der Waals surface area contributed by atoms with Gasteiger partial charge in [0, 0.05) is 141 Å². The van der Waals surface area contributed by atoms with Gasteiger partial charge in [0.2, 0.25) is 0 Å². The molecule has 21 aromatic carbocycles. The van der Waals surface area contributed by atoms with Gasteiger partial charge >= 0.3 is 0 Å². The van der Waals surface area contributed by atoms with E-state index in [1.165, 1.54) is 85.6 Å². The van der Waals surface area contributed by atoms with E-state index in [2.05, 4.69) is 396 Å². The molecule has 0 aliphatic heterocycles. The summed E-state index contributed by atoms with van der Waals surface area (Å²) in [5.41, 5.74) is 28.9. The molecular weight excluding hydrogens is 1850 g/mol. The fraction of sp³-hybridized carbons (Fsp3) is 0. The molecular formula is C135H84N12O2S. The molecule has 0 N–H and O–H groups in total. The van der Waals surface area contributed by atoms with E-state index in [-0.39, 0.29) is 0 Å². The van der Waals surface area contributed by atoms with Crippen LogP contribution in [0.15, 0.2) is 518 Å². The monoisotopic (exact) mass is 1940 g/mol. The van der Waals surface area contributed by atoms with E-state index in [4.69, 9.17) is 53.7 Å². The van der Waals surface area contributed by atoms with Crippen LogP contribution in [0.2, 0.25) is 0 Å². The van der Waals surface area contributed by atoms with Crippen LogP contribution in [0.1, 0.15) is 0 Å². The Balaban J connectivity index is 0.000000108. The standard InChI is InChI=1S/2C45H28N4O.C45H28N4S/c1-3-13-29(14-4-1)43-46-44(48-45(47-43)32-25-26-36-35-19-8-10-24-40(35)50-41(36)28-32)31-16-11-15-30(27-31)34-21-12-23-39-42(34)37-20-7-9-22-38(37)49(39)33-17-5-2-6-18-33;1-2-11-30(12-3-1)43-46-44(48-45(47-43)33-25-26-38-37-17-6-9-20-41(37)50-42(38)28-33)31-23-21-29(22-24-31)32-13-10-14-34(27-32)49-39-18-7-4-15-35(39)36-16-5-8-19-40(36)49;1-3-13-29(14-4-1)43-46-44(48-45(47-43)32-25-26-36-35-19-8-10-24-40(35)50-41(36)28-32)31-16-11-15-30(27-31)34-21-12-23-39-42(34)37-20-7-9-22-38(37)49(39)33-17-5-2-6-18-33/h3*1-28H. The van der Waals surface area contributed by atoms with Crippen LogP contribution in [-0.2, 0) is 0 Å². The smallest absolute Gasteiger partial charge is 0.164 e. The van der Waals surface area contributed by atoms with Crippen LogP contribution < -0.4 is 0 Å². The summed E-state index contributed by atoms with van der Waals surface area (Å²) in [5.74, 6) is 5.61. The Hall–Kier alpha value is -20.1. The molecule has 0 spiro atoms. The average molecular weight is 1940 g/mol. The van der Waals surface area contributed by atoms with Crippen molar-refractivity contribution in [2.24, 2.45) is 0 Å². The summed E-state index contributed by atoms with van der Waals surface area (Å²) in [4.78, 5) is 45.2. The summed E-state index contributed by atoms with van der Waals surface area (Å²) in [6.07, 6.45) is 0. The topological polar surface area (TPSA) is 157 Å². The van der Waals surface area contributed by atoms with E-state index in [1.807, 2.05) is 127 Å². The first-order valence-electron chi connectivity index (χ1n) is 50.1. The van der Waals surface area contributed by atoms with Crippen LogP contribution in [0.25, 0.3) is 282 Å². The zero-order chi connectivity index (χ0) is 99.1. The van der Waals surface area contributed by atoms with Crippen LogP contribution in [0.4, 0.5) is 0 Å². The van der Waals surface area contributed by atoms with E-state index in [0.29, 0.717) is 52.4 Å². The molecule has 0 unspecified atom stereocenters. The van der Waals surface area contributed by atoms with Gasteiger partial charge in [-0.25, -0.2) is 44.9 Å². The molecule has 150 heavy (non-hydrogen) atoms. The van der Waals surface area contributed by atoms with Crippen LogP contribution in [-0.4, -0.2) is 58.6 Å². The second-order valence-electron chi connectivity index (χ2n) is 37.4. The number of thiophene rings is 1. The van der Waals surface area contributed by atoms with Crippen LogP contribution in [0.3, 0.4) is 0 Å². The van der Waals surface area contributed by atoms with E-state index in [1.54, 1.807) is 11.3 Å². The summed E-state index contributed by atoms with van der Waals surface area (Å²) in [6.45, 7) is 0. The SMILES string of the molecule is c1ccc(-c2nc(-c3ccc(-c4cccc(-n5c6ccccc6c6ccccc65)c4)cc3)nc(-c3ccc4c(c3)oc3ccccc34)n2)cc1.c1ccc(-c2nc(-c3cccc(-c4cccc5c4c4ccccc4n5-c4ccccc4)c3)nc(-c3ccc4c(c3)oc3ccccc34)n2)cc1.c1ccc(-c2nc(-c3cccc(-c4cccc5c4c4ccccc4n5-c4ccccc4)c3)nc(-c3ccc4c(c3)sc3ccccc34)n2)cc1. The van der Waals surface area contributed by atoms with Crippen molar-refractivity contribution >= 4 is 141 Å². The molecule has 30 rings (SSSR count). The molecule has 0 amide bonds. The van der Waals surface area contributed by atoms with Gasteiger partial charge in [0.1, 0.15) is 22.3 Å². The Morgan fingerprint density at radius 2 is 0.413 bits per heavy atom. The number of nitrogens with zero attached hydrogens (tertiary/aromatic N) is 12. The molecule has 9 heterocycles. The van der Waals surface area contributed by atoms with Crippen LogP contribution in [0, 0.1) is 0 Å². The minimum atomic E-state index is 0.592. The van der Waals surface area contributed by atoms with E-state index < -0.39 is 0 Å². The highest BCUT2D eigenvalue weighted by Crippen LogP contribution is 2.46. The van der Waals surface area contributed by atoms with Crippen LogP contribution >= 0.6 is 11.3 Å². The minimum Gasteiger partial charge on any atom is -0.456 e. The zero-order valence-corrected chi connectivity index (χ0v) is 81.4. The number of aromatic nitrogens is 12. The number of rotatable bonds is 15. The third-order valence-electron chi connectivity index (χ3n) is 28.4. The highest BCUT2D eigenvalue weighted by atomic mass is 32.1. The summed E-state index contributed by atoms with van der Waals surface area (Å²) < 4.78 is 22.0. The van der Waals surface area contributed by atoms with Gasteiger partial charge in [-0.3, -0.25) is 0 Å². The van der Waals surface area contributed by atoms with Gasteiger partial charge in [0.05, 0.1) is 33.1 Å². The summed E-state index contributed by atoms with van der Waals surface area (Å²) in [6, 6.07) is 177. The molecule has 0 aliphatic rings. The fourth-order valence-corrected chi connectivity index (χ4v) is 22.5. The normalized spacial score (nSPS) is 11.6. The molecule has 702 valence electrons. The third kappa shape index (κ3) is 15.9. The molecule has 0 saturated heterocycles. The highest BCUT2D eigenvalue weighted by Gasteiger charge is 2.25. The zero-order valence-electron chi connectivity index (χ0n) is 80.6. The molecule has 0 radical (unpaired) electrons. The minimum absolute atomic E-state index is 0.592.